The van der Waals surface area contributed by atoms with Gasteiger partial charge in [-0.1, -0.05) is 23.5 Å². The molecular formula is C11H14N4S. The van der Waals surface area contributed by atoms with Gasteiger partial charge in [0.05, 0.1) is 0 Å². The highest BCUT2D eigenvalue weighted by Gasteiger charge is 2.02. The van der Waals surface area contributed by atoms with Crippen LogP contribution in [0.1, 0.15) is 16.1 Å². The summed E-state index contributed by atoms with van der Waals surface area (Å²) in [4.78, 5) is 0. The van der Waals surface area contributed by atoms with Crippen molar-refractivity contribution in [3.05, 3.63) is 34.3 Å². The Bertz CT molecular complexity index is 492. The highest BCUT2D eigenvalue weighted by molar-refractivity contribution is 7.15. The van der Waals surface area contributed by atoms with Crippen LogP contribution in [0.3, 0.4) is 0 Å². The third-order valence-corrected chi connectivity index (χ3v) is 3.27. The first kappa shape index (κ1) is 10.9. The molecule has 2 rings (SSSR count). The first-order valence-corrected chi connectivity index (χ1v) is 5.89. The molecule has 5 heteroatoms. The van der Waals surface area contributed by atoms with E-state index < -0.39 is 0 Å². The molecule has 0 saturated heterocycles. The SMILES string of the molecule is Cc1ccc(CCc2nnc(N)s2)cc1N. The Kier molecular flexibility index (Phi) is 3.05. The van der Waals surface area contributed by atoms with Gasteiger partial charge in [-0.15, -0.1) is 10.2 Å². The molecule has 0 bridgehead atoms. The highest BCUT2D eigenvalue weighted by Crippen LogP contribution is 2.17. The van der Waals surface area contributed by atoms with Gasteiger partial charge in [-0.05, 0) is 30.5 Å². The van der Waals surface area contributed by atoms with Gasteiger partial charge in [0.15, 0.2) is 0 Å². The van der Waals surface area contributed by atoms with Gasteiger partial charge >= 0.3 is 0 Å². The van der Waals surface area contributed by atoms with Crippen molar-refractivity contribution in [3.8, 4) is 0 Å². The smallest absolute Gasteiger partial charge is 0.203 e. The molecule has 0 radical (unpaired) electrons. The number of hydrogen-bond donors (Lipinski definition) is 2. The van der Waals surface area contributed by atoms with Crippen LogP contribution in [0.5, 0.6) is 0 Å². The lowest BCUT2D eigenvalue weighted by molar-refractivity contribution is 0.906. The van der Waals surface area contributed by atoms with Crippen molar-refractivity contribution in [2.45, 2.75) is 19.8 Å². The summed E-state index contributed by atoms with van der Waals surface area (Å²) in [5.41, 5.74) is 14.5. The summed E-state index contributed by atoms with van der Waals surface area (Å²) in [6, 6.07) is 6.15. The van der Waals surface area contributed by atoms with Gasteiger partial charge in [-0.25, -0.2) is 0 Å². The molecule has 16 heavy (non-hydrogen) atoms. The number of aromatic nitrogens is 2. The number of nitrogens with two attached hydrogens (primary N) is 2. The summed E-state index contributed by atoms with van der Waals surface area (Å²) in [6.07, 6.45) is 1.77. The normalized spacial score (nSPS) is 10.6. The van der Waals surface area contributed by atoms with E-state index in [-0.39, 0.29) is 0 Å². The molecule has 0 saturated carbocycles. The number of anilines is 2. The van der Waals surface area contributed by atoms with Gasteiger partial charge in [0.2, 0.25) is 5.13 Å². The molecule has 4 N–H and O–H groups in total. The van der Waals surface area contributed by atoms with E-state index in [1.54, 1.807) is 0 Å². The van der Waals surface area contributed by atoms with E-state index in [1.807, 2.05) is 19.1 Å². The quantitative estimate of drug-likeness (QED) is 0.794. The number of benzene rings is 1. The lowest BCUT2D eigenvalue weighted by atomic mass is 10.1. The zero-order valence-corrected chi connectivity index (χ0v) is 9.92. The summed E-state index contributed by atoms with van der Waals surface area (Å²) < 4.78 is 0. The van der Waals surface area contributed by atoms with E-state index in [9.17, 15) is 0 Å². The van der Waals surface area contributed by atoms with Crippen LogP contribution in [-0.4, -0.2) is 10.2 Å². The van der Waals surface area contributed by atoms with Gasteiger partial charge in [-0.3, -0.25) is 0 Å². The van der Waals surface area contributed by atoms with E-state index in [2.05, 4.69) is 16.3 Å². The molecule has 4 nitrogen and oxygen atoms in total. The Hall–Kier alpha value is -1.62. The average Bonchev–Trinajstić information content (AvgIpc) is 2.66. The van der Waals surface area contributed by atoms with Crippen LogP contribution in [0.2, 0.25) is 0 Å². The molecule has 1 aromatic heterocycles. The van der Waals surface area contributed by atoms with Crippen LogP contribution in [0, 0.1) is 6.92 Å². The summed E-state index contributed by atoms with van der Waals surface area (Å²) in [6.45, 7) is 2.00. The second kappa shape index (κ2) is 4.49. The third-order valence-electron chi connectivity index (χ3n) is 2.45. The molecule has 0 unspecified atom stereocenters. The molecule has 0 spiro atoms. The van der Waals surface area contributed by atoms with Gasteiger partial charge < -0.3 is 11.5 Å². The average molecular weight is 234 g/mol. The molecule has 84 valence electrons. The zero-order chi connectivity index (χ0) is 11.5. The van der Waals surface area contributed by atoms with Crippen molar-refractivity contribution in [1.82, 2.24) is 10.2 Å². The summed E-state index contributed by atoms with van der Waals surface area (Å²) >= 11 is 1.44. The fourth-order valence-corrected chi connectivity index (χ4v) is 2.07. The second-order valence-corrected chi connectivity index (χ2v) is 4.82. The van der Waals surface area contributed by atoms with Crippen LogP contribution >= 0.6 is 11.3 Å². The zero-order valence-electron chi connectivity index (χ0n) is 9.10. The monoisotopic (exact) mass is 234 g/mol. The maximum absolute atomic E-state index is 5.85. The summed E-state index contributed by atoms with van der Waals surface area (Å²) in [5.74, 6) is 0. The molecule has 1 aromatic carbocycles. The van der Waals surface area contributed by atoms with Crippen molar-refractivity contribution in [2.75, 3.05) is 11.5 Å². The molecule has 0 aliphatic carbocycles. The molecule has 1 heterocycles. The van der Waals surface area contributed by atoms with Crippen molar-refractivity contribution in [1.29, 1.82) is 0 Å². The third kappa shape index (κ3) is 2.49. The van der Waals surface area contributed by atoms with Crippen LogP contribution < -0.4 is 11.5 Å². The van der Waals surface area contributed by atoms with E-state index in [1.165, 1.54) is 16.9 Å². The van der Waals surface area contributed by atoms with Gasteiger partial charge in [-0.2, -0.15) is 0 Å². The minimum Gasteiger partial charge on any atom is -0.399 e. The molecule has 0 atom stereocenters. The van der Waals surface area contributed by atoms with E-state index in [0.29, 0.717) is 5.13 Å². The highest BCUT2D eigenvalue weighted by atomic mass is 32.1. The lowest BCUT2D eigenvalue weighted by Crippen LogP contribution is -1.95. The Morgan fingerprint density at radius 1 is 1.19 bits per heavy atom. The van der Waals surface area contributed by atoms with Gasteiger partial charge in [0.25, 0.3) is 0 Å². The number of nitrogen functional groups attached to an aromatic ring is 2. The maximum atomic E-state index is 5.85. The van der Waals surface area contributed by atoms with E-state index in [0.717, 1.165) is 29.1 Å². The Balaban J connectivity index is 2.02. The molecular weight excluding hydrogens is 220 g/mol. The van der Waals surface area contributed by atoms with Crippen molar-refractivity contribution in [3.63, 3.8) is 0 Å². The predicted molar refractivity (Wildman–Crippen MR) is 67.3 cm³/mol. The van der Waals surface area contributed by atoms with E-state index >= 15 is 0 Å². The number of rotatable bonds is 3. The molecule has 2 aromatic rings. The number of nitrogens with zero attached hydrogens (tertiary/aromatic N) is 2. The molecule has 0 aliphatic rings. The Morgan fingerprint density at radius 2 is 2.00 bits per heavy atom. The van der Waals surface area contributed by atoms with Gasteiger partial charge in [0.1, 0.15) is 5.01 Å². The maximum Gasteiger partial charge on any atom is 0.203 e. The first-order chi connectivity index (χ1) is 7.65. The number of hydrogen-bond acceptors (Lipinski definition) is 5. The lowest BCUT2D eigenvalue weighted by Gasteiger charge is -2.03. The Labute approximate surface area is 98.3 Å². The van der Waals surface area contributed by atoms with Crippen LogP contribution in [0.15, 0.2) is 18.2 Å². The van der Waals surface area contributed by atoms with Crippen molar-refractivity contribution in [2.24, 2.45) is 0 Å². The minimum absolute atomic E-state index is 0.526. The fourth-order valence-electron chi connectivity index (χ4n) is 1.46. The summed E-state index contributed by atoms with van der Waals surface area (Å²) in [7, 11) is 0. The number of aryl methyl sites for hydroxylation is 3. The topological polar surface area (TPSA) is 77.8 Å². The van der Waals surface area contributed by atoms with Crippen molar-refractivity contribution < 1.29 is 0 Å². The summed E-state index contributed by atoms with van der Waals surface area (Å²) in [5, 5.41) is 9.26. The van der Waals surface area contributed by atoms with Gasteiger partial charge in [0, 0.05) is 12.1 Å². The van der Waals surface area contributed by atoms with Crippen LogP contribution in [0.25, 0.3) is 0 Å². The predicted octanol–water partition coefficient (Wildman–Crippen LogP) is 1.80. The second-order valence-electron chi connectivity index (χ2n) is 3.72. The van der Waals surface area contributed by atoms with Crippen LogP contribution in [0.4, 0.5) is 10.8 Å². The molecule has 0 aliphatic heterocycles. The van der Waals surface area contributed by atoms with Crippen LogP contribution in [-0.2, 0) is 12.8 Å². The van der Waals surface area contributed by atoms with Crippen molar-refractivity contribution >= 4 is 22.2 Å². The largest absolute Gasteiger partial charge is 0.399 e. The first-order valence-electron chi connectivity index (χ1n) is 5.08. The fraction of sp³-hybridized carbons (Fsp3) is 0.273. The molecule has 0 fully saturated rings. The Morgan fingerprint density at radius 3 is 2.62 bits per heavy atom. The molecule has 0 amide bonds. The van der Waals surface area contributed by atoms with E-state index in [4.69, 9.17) is 11.5 Å². The minimum atomic E-state index is 0.526. The standard InChI is InChI=1S/C11H14N4S/c1-7-2-3-8(6-9(7)12)4-5-10-14-15-11(13)16-10/h2-3,6H,4-5,12H2,1H3,(H2,13,15).